The number of carboxylic acid groups (broad SMARTS) is 1. The molecule has 0 radical (unpaired) electrons. The molecule has 1 aromatic heterocycles. The zero-order chi connectivity index (χ0) is 12.0. The summed E-state index contributed by atoms with van der Waals surface area (Å²) >= 11 is 0. The molecular weight excluding hydrogens is 222 g/mol. The Labute approximate surface area is 95.2 Å². The molecular formula is C12H7NO4. The van der Waals surface area contributed by atoms with Crippen molar-refractivity contribution in [2.75, 3.05) is 0 Å². The maximum atomic E-state index is 11.6. The summed E-state index contributed by atoms with van der Waals surface area (Å²) in [6.45, 7) is 0. The van der Waals surface area contributed by atoms with Crippen LogP contribution in [0.15, 0.2) is 41.0 Å². The number of nitrogens with zero attached hydrogens (tertiary/aromatic N) is 1. The third-order valence-corrected chi connectivity index (χ3v) is 2.60. The first kappa shape index (κ1) is 9.65. The summed E-state index contributed by atoms with van der Waals surface area (Å²) in [6.07, 6.45) is 2.87. The lowest BCUT2D eigenvalue weighted by molar-refractivity contribution is -0.134. The fraction of sp³-hybridized carbons (Fsp3) is 0. The van der Waals surface area contributed by atoms with E-state index >= 15 is 0 Å². The van der Waals surface area contributed by atoms with Gasteiger partial charge in [-0.1, -0.05) is 6.07 Å². The number of pyridine rings is 1. The van der Waals surface area contributed by atoms with Gasteiger partial charge in [0.05, 0.1) is 11.7 Å². The first-order chi connectivity index (χ1) is 8.16. The van der Waals surface area contributed by atoms with Gasteiger partial charge < -0.3 is 14.4 Å². The number of hydrogen-bond donors (Lipinski definition) is 1. The van der Waals surface area contributed by atoms with Crippen molar-refractivity contribution in [3.05, 3.63) is 46.4 Å². The summed E-state index contributed by atoms with van der Waals surface area (Å²) in [6, 6.07) is 6.37. The fourth-order valence-electron chi connectivity index (χ4n) is 1.86. The van der Waals surface area contributed by atoms with Crippen LogP contribution < -0.4 is 10.2 Å². The van der Waals surface area contributed by atoms with E-state index in [-0.39, 0.29) is 11.2 Å². The van der Waals surface area contributed by atoms with Gasteiger partial charge in [0.25, 0.3) is 0 Å². The highest BCUT2D eigenvalue weighted by molar-refractivity contribution is 5.94. The van der Waals surface area contributed by atoms with E-state index in [1.807, 2.05) is 0 Å². The first-order valence-corrected chi connectivity index (χ1v) is 4.93. The molecule has 5 heteroatoms. The average Bonchev–Trinajstić information content (AvgIpc) is 2.33. The molecule has 5 nitrogen and oxygen atoms in total. The van der Waals surface area contributed by atoms with Crippen molar-refractivity contribution in [2.45, 2.75) is 0 Å². The van der Waals surface area contributed by atoms with Gasteiger partial charge >= 0.3 is 5.97 Å². The minimum Gasteiger partial charge on any atom is -0.475 e. The van der Waals surface area contributed by atoms with Crippen LogP contribution >= 0.6 is 0 Å². The van der Waals surface area contributed by atoms with Gasteiger partial charge in [0.1, 0.15) is 0 Å². The number of rotatable bonds is 1. The maximum absolute atomic E-state index is 11.6. The number of hydrogen-bond acceptors (Lipinski definition) is 3. The molecule has 2 heterocycles. The molecule has 0 unspecified atom stereocenters. The van der Waals surface area contributed by atoms with Gasteiger partial charge in [0.15, 0.2) is 11.2 Å². The molecule has 0 spiro atoms. The molecule has 1 N–H and O–H groups in total. The number of ether oxygens (including phenoxy) is 1. The van der Waals surface area contributed by atoms with Crippen LogP contribution in [0, 0.1) is 0 Å². The largest absolute Gasteiger partial charge is 0.475 e. The highest BCUT2D eigenvalue weighted by Crippen LogP contribution is 2.29. The van der Waals surface area contributed by atoms with Crippen molar-refractivity contribution in [1.29, 1.82) is 0 Å². The minimum atomic E-state index is -1.15. The summed E-state index contributed by atoms with van der Waals surface area (Å²) in [5, 5.41) is 9.41. The molecule has 0 bridgehead atoms. The fourth-order valence-corrected chi connectivity index (χ4v) is 1.86. The lowest BCUT2D eigenvalue weighted by atomic mass is 10.2. The second-order valence-electron chi connectivity index (χ2n) is 3.64. The predicted molar refractivity (Wildman–Crippen MR) is 60.7 cm³/mol. The Kier molecular flexibility index (Phi) is 1.82. The highest BCUT2D eigenvalue weighted by Gasteiger charge is 2.19. The van der Waals surface area contributed by atoms with Gasteiger partial charge in [-0.05, 0) is 12.1 Å². The maximum Gasteiger partial charge on any atom is 0.373 e. The van der Waals surface area contributed by atoms with Crippen molar-refractivity contribution in [2.24, 2.45) is 0 Å². The topological polar surface area (TPSA) is 68.5 Å². The molecule has 1 aliphatic heterocycles. The molecule has 0 amide bonds. The van der Waals surface area contributed by atoms with Crippen LogP contribution in [0.1, 0.15) is 0 Å². The van der Waals surface area contributed by atoms with E-state index in [9.17, 15) is 9.59 Å². The number of aliphatic carboxylic acids is 1. The van der Waals surface area contributed by atoms with Crippen LogP contribution in [0.5, 0.6) is 5.75 Å². The number of para-hydroxylation sites is 1. The molecule has 0 saturated heterocycles. The summed E-state index contributed by atoms with van der Waals surface area (Å²) in [5.74, 6) is -0.944. The quantitative estimate of drug-likeness (QED) is 0.799. The van der Waals surface area contributed by atoms with Gasteiger partial charge in [-0.3, -0.25) is 4.79 Å². The third kappa shape index (κ3) is 1.32. The molecule has 0 fully saturated rings. The Bertz CT molecular complexity index is 727. The highest BCUT2D eigenvalue weighted by atomic mass is 16.5. The summed E-state index contributed by atoms with van der Waals surface area (Å²) in [4.78, 5) is 22.5. The number of carboxylic acids is 1. The molecule has 0 aliphatic carbocycles. The smallest absolute Gasteiger partial charge is 0.373 e. The number of carbonyl (C=O) groups is 1. The normalized spacial score (nSPS) is 13.1. The van der Waals surface area contributed by atoms with Crippen LogP contribution in [-0.4, -0.2) is 15.6 Å². The van der Waals surface area contributed by atoms with Gasteiger partial charge in [0, 0.05) is 17.6 Å². The zero-order valence-electron chi connectivity index (χ0n) is 8.58. The lowest BCUT2D eigenvalue weighted by Crippen LogP contribution is -2.16. The van der Waals surface area contributed by atoms with E-state index in [0.29, 0.717) is 16.7 Å². The monoisotopic (exact) mass is 229 g/mol. The first-order valence-electron chi connectivity index (χ1n) is 4.93. The lowest BCUT2D eigenvalue weighted by Gasteiger charge is -2.17. The van der Waals surface area contributed by atoms with E-state index in [2.05, 4.69) is 0 Å². The van der Waals surface area contributed by atoms with Crippen LogP contribution in [-0.2, 0) is 4.79 Å². The average molecular weight is 229 g/mol. The van der Waals surface area contributed by atoms with E-state index in [1.54, 1.807) is 22.8 Å². The standard InChI is InChI=1S/C12H7NO4/c14-8-4-5-13-6-10(12(15)16)17-9-3-1-2-7(8)11(9)13/h1-6H,(H,15,16). The molecule has 2 aromatic rings. The molecule has 0 saturated carbocycles. The van der Waals surface area contributed by atoms with Crippen molar-refractivity contribution in [3.63, 3.8) is 0 Å². The molecule has 3 rings (SSSR count). The van der Waals surface area contributed by atoms with Gasteiger partial charge in [-0.25, -0.2) is 4.79 Å². The van der Waals surface area contributed by atoms with Gasteiger partial charge in [-0.2, -0.15) is 0 Å². The summed E-state index contributed by atoms with van der Waals surface area (Å²) in [7, 11) is 0. The van der Waals surface area contributed by atoms with Crippen molar-refractivity contribution in [1.82, 2.24) is 4.57 Å². The molecule has 1 aromatic carbocycles. The minimum absolute atomic E-state index is 0.117. The van der Waals surface area contributed by atoms with Crippen molar-refractivity contribution in [3.8, 4) is 5.75 Å². The van der Waals surface area contributed by atoms with Crippen LogP contribution in [0.4, 0.5) is 0 Å². The predicted octanol–water partition coefficient (Wildman–Crippen LogP) is 1.28. The van der Waals surface area contributed by atoms with Crippen molar-refractivity contribution >= 4 is 23.1 Å². The van der Waals surface area contributed by atoms with Crippen LogP contribution in [0.25, 0.3) is 17.1 Å². The second-order valence-corrected chi connectivity index (χ2v) is 3.64. The molecule has 1 aliphatic rings. The van der Waals surface area contributed by atoms with Gasteiger partial charge in [-0.15, -0.1) is 0 Å². The molecule has 84 valence electrons. The van der Waals surface area contributed by atoms with Crippen molar-refractivity contribution < 1.29 is 14.6 Å². The van der Waals surface area contributed by atoms with E-state index < -0.39 is 5.97 Å². The Hall–Kier alpha value is -2.56. The number of aromatic nitrogens is 1. The zero-order valence-corrected chi connectivity index (χ0v) is 8.58. The Morgan fingerprint density at radius 1 is 1.29 bits per heavy atom. The Balaban J connectivity index is 2.42. The molecule has 17 heavy (non-hydrogen) atoms. The molecule has 0 atom stereocenters. The van der Waals surface area contributed by atoms with Crippen LogP contribution in [0.3, 0.4) is 0 Å². The van der Waals surface area contributed by atoms with Gasteiger partial charge in [0.2, 0.25) is 5.76 Å². The summed E-state index contributed by atoms with van der Waals surface area (Å²) < 4.78 is 6.80. The van der Waals surface area contributed by atoms with E-state index in [1.165, 1.54) is 18.5 Å². The Morgan fingerprint density at radius 2 is 2.12 bits per heavy atom. The third-order valence-electron chi connectivity index (χ3n) is 2.60. The SMILES string of the molecule is O=C(O)C1=Cn2ccc(=O)c3cccc(c32)O1. The van der Waals surface area contributed by atoms with E-state index in [4.69, 9.17) is 9.84 Å². The number of benzene rings is 1. The summed E-state index contributed by atoms with van der Waals surface area (Å²) in [5.41, 5.74) is 0.471. The second kappa shape index (κ2) is 3.21. The van der Waals surface area contributed by atoms with E-state index in [0.717, 1.165) is 0 Å². The van der Waals surface area contributed by atoms with Crippen LogP contribution in [0.2, 0.25) is 0 Å². The Morgan fingerprint density at radius 3 is 2.88 bits per heavy atom.